The molecule has 8 heteroatoms. The first-order valence-electron chi connectivity index (χ1n) is 8.86. The molecule has 1 aliphatic rings. The van der Waals surface area contributed by atoms with Gasteiger partial charge in [-0.25, -0.2) is 8.42 Å². The molecule has 1 saturated carbocycles. The van der Waals surface area contributed by atoms with Crippen molar-refractivity contribution in [3.8, 4) is 11.7 Å². The third-order valence-corrected chi connectivity index (χ3v) is 6.58. The quantitative estimate of drug-likeness (QED) is 0.629. The van der Waals surface area contributed by atoms with Gasteiger partial charge in [-0.1, -0.05) is 30.9 Å². The molecule has 0 atom stereocenters. The van der Waals surface area contributed by atoms with Gasteiger partial charge in [0.25, 0.3) is 5.89 Å². The lowest BCUT2D eigenvalue weighted by Gasteiger charge is -2.22. The minimum atomic E-state index is -3.88. The highest BCUT2D eigenvalue weighted by atomic mass is 35.5. The molecule has 0 spiro atoms. The Morgan fingerprint density at radius 1 is 1.07 bits per heavy atom. The number of hydrogen-bond acceptors (Lipinski definition) is 6. The normalized spacial score (nSPS) is 15.7. The third kappa shape index (κ3) is 3.75. The summed E-state index contributed by atoms with van der Waals surface area (Å²) in [5.41, 5.74) is 0. The summed E-state index contributed by atoms with van der Waals surface area (Å²) in [7, 11) is -3.88. The van der Waals surface area contributed by atoms with Crippen molar-refractivity contribution in [3.63, 3.8) is 0 Å². The van der Waals surface area contributed by atoms with Crippen LogP contribution < -0.4 is 5.32 Å². The first-order valence-corrected chi connectivity index (χ1v) is 10.7. The smallest absolute Gasteiger partial charge is 0.266 e. The third-order valence-electron chi connectivity index (χ3n) is 4.65. The van der Waals surface area contributed by atoms with Gasteiger partial charge in [0.1, 0.15) is 0 Å². The number of furan rings is 1. The van der Waals surface area contributed by atoms with Gasteiger partial charge in [0.2, 0.25) is 20.7 Å². The number of anilines is 1. The van der Waals surface area contributed by atoms with Crippen LogP contribution in [0.4, 0.5) is 5.88 Å². The minimum absolute atomic E-state index is 0.109. The van der Waals surface area contributed by atoms with Crippen LogP contribution in [-0.4, -0.2) is 19.4 Å². The zero-order valence-electron chi connectivity index (χ0n) is 14.5. The summed E-state index contributed by atoms with van der Waals surface area (Å²) in [5, 5.41) is 3.57. The zero-order valence-corrected chi connectivity index (χ0v) is 16.1. The van der Waals surface area contributed by atoms with Crippen LogP contribution in [0.15, 0.2) is 61.4 Å². The first-order chi connectivity index (χ1) is 13.0. The van der Waals surface area contributed by atoms with Crippen molar-refractivity contribution in [2.75, 3.05) is 5.32 Å². The highest BCUT2D eigenvalue weighted by Crippen LogP contribution is 2.34. The van der Waals surface area contributed by atoms with Gasteiger partial charge in [-0.3, -0.25) is 0 Å². The molecule has 4 rings (SSSR count). The lowest BCUT2D eigenvalue weighted by atomic mass is 9.96. The van der Waals surface area contributed by atoms with E-state index in [1.54, 1.807) is 12.1 Å². The van der Waals surface area contributed by atoms with Crippen LogP contribution >= 0.6 is 11.6 Å². The van der Waals surface area contributed by atoms with E-state index in [0.29, 0.717) is 10.8 Å². The fourth-order valence-electron chi connectivity index (χ4n) is 3.24. The van der Waals surface area contributed by atoms with Crippen molar-refractivity contribution in [3.05, 3.63) is 47.7 Å². The molecule has 3 aromatic rings. The summed E-state index contributed by atoms with van der Waals surface area (Å²) in [4.78, 5) is 4.35. The van der Waals surface area contributed by atoms with Crippen LogP contribution in [0.2, 0.25) is 5.02 Å². The van der Waals surface area contributed by atoms with E-state index in [4.69, 9.17) is 20.4 Å². The van der Waals surface area contributed by atoms with Crippen molar-refractivity contribution in [1.82, 2.24) is 4.98 Å². The van der Waals surface area contributed by atoms with Crippen molar-refractivity contribution in [2.24, 2.45) is 0 Å². The van der Waals surface area contributed by atoms with Crippen molar-refractivity contribution >= 4 is 27.3 Å². The molecule has 1 fully saturated rings. The maximum atomic E-state index is 13.2. The second-order valence-electron chi connectivity index (χ2n) is 6.57. The molecule has 0 aliphatic heterocycles. The van der Waals surface area contributed by atoms with Crippen molar-refractivity contribution in [1.29, 1.82) is 0 Å². The van der Waals surface area contributed by atoms with Crippen LogP contribution in [0.25, 0.3) is 11.7 Å². The van der Waals surface area contributed by atoms with E-state index in [1.807, 2.05) is 0 Å². The predicted octanol–water partition coefficient (Wildman–Crippen LogP) is 5.17. The molecule has 0 amide bonds. The molecule has 0 radical (unpaired) electrons. The van der Waals surface area contributed by atoms with E-state index in [0.717, 1.165) is 25.7 Å². The fourth-order valence-corrected chi connectivity index (χ4v) is 4.63. The molecular weight excluding hydrogens is 388 g/mol. The summed E-state index contributed by atoms with van der Waals surface area (Å²) in [6.45, 7) is 0. The lowest BCUT2D eigenvalue weighted by Crippen LogP contribution is -2.23. The topological polar surface area (TPSA) is 85.3 Å². The van der Waals surface area contributed by atoms with Gasteiger partial charge >= 0.3 is 0 Å². The number of aromatic nitrogens is 1. The van der Waals surface area contributed by atoms with E-state index >= 15 is 0 Å². The van der Waals surface area contributed by atoms with Gasteiger partial charge in [0.15, 0.2) is 5.76 Å². The van der Waals surface area contributed by atoms with Gasteiger partial charge in [0.05, 0.1) is 11.2 Å². The highest BCUT2D eigenvalue weighted by molar-refractivity contribution is 7.91. The average molecular weight is 407 g/mol. The first kappa shape index (κ1) is 18.1. The highest BCUT2D eigenvalue weighted by Gasteiger charge is 2.30. The summed E-state index contributed by atoms with van der Waals surface area (Å²) in [6.07, 6.45) is 6.84. The molecule has 0 saturated heterocycles. The van der Waals surface area contributed by atoms with Crippen LogP contribution in [-0.2, 0) is 9.84 Å². The Kier molecular flexibility index (Phi) is 4.97. The van der Waals surface area contributed by atoms with E-state index in [9.17, 15) is 8.42 Å². The van der Waals surface area contributed by atoms with Crippen LogP contribution in [0.1, 0.15) is 32.1 Å². The Morgan fingerprint density at radius 2 is 1.81 bits per heavy atom. The monoisotopic (exact) mass is 406 g/mol. The number of nitrogens with one attached hydrogen (secondary N) is 1. The van der Waals surface area contributed by atoms with Gasteiger partial charge in [-0.05, 0) is 49.2 Å². The fraction of sp³-hybridized carbons (Fsp3) is 0.316. The second kappa shape index (κ2) is 7.40. The molecule has 2 aromatic heterocycles. The van der Waals surface area contributed by atoms with Crippen molar-refractivity contribution < 1.29 is 17.3 Å². The number of rotatable bonds is 5. The number of hydrogen-bond donors (Lipinski definition) is 1. The standard InChI is InChI=1S/C19H19ClN2O4S/c20-13-8-10-15(11-9-13)27(23,24)19-18(21-14-5-2-1-3-6-14)26-17(22-19)16-7-4-12-25-16/h4,7-12,14,21H,1-3,5-6H2. The maximum absolute atomic E-state index is 13.2. The van der Waals surface area contributed by atoms with E-state index in [-0.39, 0.29) is 27.7 Å². The largest absolute Gasteiger partial charge is 0.459 e. The predicted molar refractivity (Wildman–Crippen MR) is 102 cm³/mol. The Labute approximate surface area is 162 Å². The Morgan fingerprint density at radius 3 is 2.48 bits per heavy atom. The summed E-state index contributed by atoms with van der Waals surface area (Å²) >= 11 is 5.89. The summed E-state index contributed by atoms with van der Waals surface area (Å²) in [6, 6.07) is 9.53. The Bertz CT molecular complexity index is 1000. The van der Waals surface area contributed by atoms with E-state index in [1.165, 1.54) is 36.9 Å². The minimum Gasteiger partial charge on any atom is -0.459 e. The average Bonchev–Trinajstić information content (AvgIpc) is 3.33. The second-order valence-corrected chi connectivity index (χ2v) is 8.87. The Hall–Kier alpha value is -2.25. The molecule has 6 nitrogen and oxygen atoms in total. The van der Waals surface area contributed by atoms with Crippen LogP contribution in [0, 0.1) is 0 Å². The molecule has 1 aromatic carbocycles. The number of benzene rings is 1. The molecular formula is C19H19ClN2O4S. The van der Waals surface area contributed by atoms with Gasteiger partial charge in [-0.2, -0.15) is 4.98 Å². The molecule has 2 heterocycles. The van der Waals surface area contributed by atoms with E-state index < -0.39 is 9.84 Å². The van der Waals surface area contributed by atoms with Crippen molar-refractivity contribution in [2.45, 2.75) is 48.1 Å². The molecule has 142 valence electrons. The van der Waals surface area contributed by atoms with Gasteiger partial charge < -0.3 is 14.2 Å². The molecule has 27 heavy (non-hydrogen) atoms. The Balaban J connectivity index is 1.76. The maximum Gasteiger partial charge on any atom is 0.266 e. The summed E-state index contributed by atoms with van der Waals surface area (Å²) in [5.74, 6) is 0.661. The number of nitrogens with zero attached hydrogens (tertiary/aromatic N) is 1. The number of oxazole rings is 1. The zero-order chi connectivity index (χ0) is 18.9. The van der Waals surface area contributed by atoms with E-state index in [2.05, 4.69) is 10.3 Å². The van der Waals surface area contributed by atoms with Crippen LogP contribution in [0.5, 0.6) is 0 Å². The summed E-state index contributed by atoms with van der Waals surface area (Å²) < 4.78 is 37.4. The van der Waals surface area contributed by atoms with Gasteiger partial charge in [0, 0.05) is 11.1 Å². The number of halogens is 1. The number of sulfone groups is 1. The van der Waals surface area contributed by atoms with Gasteiger partial charge in [-0.15, -0.1) is 0 Å². The SMILES string of the molecule is O=S(=O)(c1ccc(Cl)cc1)c1nc(-c2ccco2)oc1NC1CCCCC1. The molecule has 1 N–H and O–H groups in total. The molecule has 0 bridgehead atoms. The van der Waals surface area contributed by atoms with Crippen LogP contribution in [0.3, 0.4) is 0 Å². The molecule has 1 aliphatic carbocycles. The molecule has 0 unspecified atom stereocenters. The lowest BCUT2D eigenvalue weighted by molar-refractivity contribution is 0.448.